The van der Waals surface area contributed by atoms with Crippen molar-refractivity contribution in [2.45, 2.75) is 51.5 Å². The van der Waals surface area contributed by atoms with Gasteiger partial charge in [0.15, 0.2) is 0 Å². The van der Waals surface area contributed by atoms with Crippen molar-refractivity contribution in [3.05, 3.63) is 0 Å². The third kappa shape index (κ3) is 4.09. The highest BCUT2D eigenvalue weighted by molar-refractivity contribution is 5.73. The first-order valence-corrected chi connectivity index (χ1v) is 5.72. The van der Waals surface area contributed by atoms with E-state index in [1.165, 1.54) is 19.3 Å². The van der Waals surface area contributed by atoms with E-state index < -0.39 is 0 Å². The van der Waals surface area contributed by atoms with Crippen LogP contribution in [-0.2, 0) is 4.79 Å². The lowest BCUT2D eigenvalue weighted by molar-refractivity contribution is -0.118. The van der Waals surface area contributed by atoms with Crippen LogP contribution in [0.2, 0.25) is 0 Å². The number of carbonyl (C=O) groups is 1. The zero-order valence-electron chi connectivity index (χ0n) is 9.09. The van der Waals surface area contributed by atoms with Gasteiger partial charge in [0, 0.05) is 12.5 Å². The van der Waals surface area contributed by atoms with Crippen LogP contribution >= 0.6 is 0 Å². The zero-order chi connectivity index (χ0) is 10.4. The van der Waals surface area contributed by atoms with Crippen LogP contribution in [0.15, 0.2) is 0 Å². The maximum absolute atomic E-state index is 10.5. The van der Waals surface area contributed by atoms with Crippen molar-refractivity contribution < 1.29 is 4.79 Å². The molecule has 1 fully saturated rings. The summed E-state index contributed by atoms with van der Waals surface area (Å²) in [6.07, 6.45) is 6.55. The summed E-state index contributed by atoms with van der Waals surface area (Å²) in [6.45, 7) is 3.34. The Hall–Kier alpha value is -0.570. The molecule has 0 aromatic heterocycles. The van der Waals surface area contributed by atoms with Gasteiger partial charge in [-0.2, -0.15) is 0 Å². The summed E-state index contributed by atoms with van der Waals surface area (Å²) in [4.78, 5) is 10.5. The van der Waals surface area contributed by atoms with Crippen LogP contribution in [0.3, 0.4) is 0 Å². The smallest absolute Gasteiger partial charge is 0.217 e. The lowest BCUT2D eigenvalue weighted by Crippen LogP contribution is -2.31. The Morgan fingerprint density at radius 3 is 2.79 bits per heavy atom. The summed E-state index contributed by atoms with van der Waals surface area (Å²) >= 11 is 0. The molecule has 0 heterocycles. The minimum atomic E-state index is -0.181. The molecule has 82 valence electrons. The van der Waals surface area contributed by atoms with Gasteiger partial charge in [-0.05, 0) is 38.1 Å². The van der Waals surface area contributed by atoms with Crippen molar-refractivity contribution >= 4 is 5.91 Å². The summed E-state index contributed by atoms with van der Waals surface area (Å²) in [6, 6.07) is 0.712. The Kier molecular flexibility index (Phi) is 4.94. The standard InChI is InChI=1S/C11H22N2O/c1-9-5-4-6-10(9)13-8-3-2-7-11(12)14/h9-10,13H,2-8H2,1H3,(H2,12,14). The Bertz CT molecular complexity index is 182. The molecule has 1 aliphatic rings. The van der Waals surface area contributed by atoms with E-state index in [1.807, 2.05) is 0 Å². The van der Waals surface area contributed by atoms with Gasteiger partial charge in [-0.15, -0.1) is 0 Å². The summed E-state index contributed by atoms with van der Waals surface area (Å²) < 4.78 is 0. The predicted octanol–water partition coefficient (Wildman–Crippen LogP) is 1.42. The first-order valence-electron chi connectivity index (χ1n) is 5.72. The van der Waals surface area contributed by atoms with E-state index in [1.54, 1.807) is 0 Å². The van der Waals surface area contributed by atoms with Crippen LogP contribution < -0.4 is 11.1 Å². The molecule has 3 heteroatoms. The van der Waals surface area contributed by atoms with Crippen LogP contribution in [-0.4, -0.2) is 18.5 Å². The molecule has 3 nitrogen and oxygen atoms in total. The van der Waals surface area contributed by atoms with E-state index in [0.29, 0.717) is 12.5 Å². The van der Waals surface area contributed by atoms with Crippen LogP contribution in [0.5, 0.6) is 0 Å². The van der Waals surface area contributed by atoms with Gasteiger partial charge in [0.25, 0.3) is 0 Å². The van der Waals surface area contributed by atoms with E-state index >= 15 is 0 Å². The molecule has 14 heavy (non-hydrogen) atoms. The molecule has 0 spiro atoms. The fourth-order valence-electron chi connectivity index (χ4n) is 2.16. The van der Waals surface area contributed by atoms with Gasteiger partial charge < -0.3 is 11.1 Å². The Labute approximate surface area is 86.4 Å². The number of primary amides is 1. The fraction of sp³-hybridized carbons (Fsp3) is 0.909. The van der Waals surface area contributed by atoms with Crippen molar-refractivity contribution in [3.63, 3.8) is 0 Å². The Morgan fingerprint density at radius 2 is 2.21 bits per heavy atom. The van der Waals surface area contributed by atoms with Crippen LogP contribution in [0.1, 0.15) is 45.4 Å². The monoisotopic (exact) mass is 198 g/mol. The van der Waals surface area contributed by atoms with E-state index in [4.69, 9.17) is 5.73 Å². The minimum absolute atomic E-state index is 0.181. The maximum Gasteiger partial charge on any atom is 0.217 e. The highest BCUT2D eigenvalue weighted by Gasteiger charge is 2.21. The van der Waals surface area contributed by atoms with E-state index in [2.05, 4.69) is 12.2 Å². The summed E-state index contributed by atoms with van der Waals surface area (Å²) in [5, 5.41) is 3.55. The van der Waals surface area contributed by atoms with Crippen molar-refractivity contribution in [2.75, 3.05) is 6.54 Å². The number of hydrogen-bond donors (Lipinski definition) is 2. The second kappa shape index (κ2) is 6.02. The predicted molar refractivity (Wildman–Crippen MR) is 57.9 cm³/mol. The van der Waals surface area contributed by atoms with Crippen molar-refractivity contribution in [3.8, 4) is 0 Å². The zero-order valence-corrected chi connectivity index (χ0v) is 9.09. The van der Waals surface area contributed by atoms with Gasteiger partial charge in [0.2, 0.25) is 5.91 Å². The molecule has 0 aromatic carbocycles. The van der Waals surface area contributed by atoms with Gasteiger partial charge in [0.05, 0.1) is 0 Å². The van der Waals surface area contributed by atoms with Crippen molar-refractivity contribution in [1.82, 2.24) is 5.32 Å². The normalized spacial score (nSPS) is 26.6. The molecule has 2 unspecified atom stereocenters. The average molecular weight is 198 g/mol. The minimum Gasteiger partial charge on any atom is -0.370 e. The van der Waals surface area contributed by atoms with E-state index in [0.717, 1.165) is 25.3 Å². The molecule has 1 saturated carbocycles. The highest BCUT2D eigenvalue weighted by atomic mass is 16.1. The number of nitrogens with two attached hydrogens (primary N) is 1. The lowest BCUT2D eigenvalue weighted by atomic mass is 10.1. The van der Waals surface area contributed by atoms with Crippen LogP contribution in [0, 0.1) is 5.92 Å². The second-order valence-electron chi connectivity index (χ2n) is 4.39. The number of nitrogens with one attached hydrogen (secondary N) is 1. The molecule has 2 atom stereocenters. The lowest BCUT2D eigenvalue weighted by Gasteiger charge is -2.16. The number of hydrogen-bond acceptors (Lipinski definition) is 2. The van der Waals surface area contributed by atoms with Crippen molar-refractivity contribution in [1.29, 1.82) is 0 Å². The molecule has 0 aromatic rings. The first kappa shape index (κ1) is 11.5. The molecular formula is C11H22N2O. The summed E-state index contributed by atoms with van der Waals surface area (Å²) in [7, 11) is 0. The largest absolute Gasteiger partial charge is 0.370 e. The maximum atomic E-state index is 10.5. The Morgan fingerprint density at radius 1 is 1.43 bits per heavy atom. The molecular weight excluding hydrogens is 176 g/mol. The SMILES string of the molecule is CC1CCCC1NCCCCC(N)=O. The number of amides is 1. The van der Waals surface area contributed by atoms with E-state index in [-0.39, 0.29) is 5.91 Å². The van der Waals surface area contributed by atoms with Gasteiger partial charge in [0.1, 0.15) is 0 Å². The van der Waals surface area contributed by atoms with Gasteiger partial charge in [-0.3, -0.25) is 4.79 Å². The molecule has 0 bridgehead atoms. The molecule has 3 N–H and O–H groups in total. The van der Waals surface area contributed by atoms with Gasteiger partial charge in [-0.1, -0.05) is 13.3 Å². The average Bonchev–Trinajstić information content (AvgIpc) is 2.51. The molecule has 1 amide bonds. The quantitative estimate of drug-likeness (QED) is 0.634. The van der Waals surface area contributed by atoms with Crippen LogP contribution in [0.4, 0.5) is 0 Å². The van der Waals surface area contributed by atoms with Crippen LogP contribution in [0.25, 0.3) is 0 Å². The third-order valence-electron chi connectivity index (χ3n) is 3.12. The third-order valence-corrected chi connectivity index (χ3v) is 3.12. The first-order chi connectivity index (χ1) is 6.70. The van der Waals surface area contributed by atoms with E-state index in [9.17, 15) is 4.79 Å². The molecule has 0 radical (unpaired) electrons. The summed E-state index contributed by atoms with van der Waals surface area (Å²) in [5.41, 5.74) is 5.06. The topological polar surface area (TPSA) is 55.1 Å². The van der Waals surface area contributed by atoms with Gasteiger partial charge >= 0.3 is 0 Å². The second-order valence-corrected chi connectivity index (χ2v) is 4.39. The number of rotatable bonds is 6. The molecule has 0 aliphatic heterocycles. The van der Waals surface area contributed by atoms with Gasteiger partial charge in [-0.25, -0.2) is 0 Å². The molecule has 1 rings (SSSR count). The highest BCUT2D eigenvalue weighted by Crippen LogP contribution is 2.24. The number of carbonyl (C=O) groups excluding carboxylic acids is 1. The Balaban J connectivity index is 1.95. The number of unbranched alkanes of at least 4 members (excludes halogenated alkanes) is 1. The fourth-order valence-corrected chi connectivity index (χ4v) is 2.16. The molecule has 1 aliphatic carbocycles. The summed E-state index contributed by atoms with van der Waals surface area (Å²) in [5.74, 6) is 0.644. The van der Waals surface area contributed by atoms with Crippen molar-refractivity contribution in [2.24, 2.45) is 11.7 Å². The molecule has 0 saturated heterocycles.